The molecule has 3 nitrogen and oxygen atoms in total. The number of methoxy groups -OCH3 is 1. The average molecular weight is 357 g/mol. The van der Waals surface area contributed by atoms with Gasteiger partial charge in [-0.3, -0.25) is 0 Å². The third-order valence-electron chi connectivity index (χ3n) is 4.64. The maximum Gasteiger partial charge on any atom is 0.211 e. The van der Waals surface area contributed by atoms with E-state index in [1.54, 1.807) is 13.2 Å². The van der Waals surface area contributed by atoms with E-state index in [1.807, 2.05) is 18.2 Å². The van der Waals surface area contributed by atoms with E-state index >= 15 is 0 Å². The molecule has 5 heteroatoms. The zero-order valence-corrected chi connectivity index (χ0v) is 14.5. The molecule has 0 amide bonds. The van der Waals surface area contributed by atoms with E-state index in [4.69, 9.17) is 4.74 Å². The van der Waals surface area contributed by atoms with Crippen LogP contribution in [0, 0.1) is 23.5 Å². The normalized spacial score (nSPS) is 19.0. The van der Waals surface area contributed by atoms with Crippen molar-refractivity contribution in [2.45, 2.75) is 12.8 Å². The molecular formula is C21H21F2NO2. The molecule has 1 N–H and O–H groups in total. The van der Waals surface area contributed by atoms with Crippen LogP contribution in [-0.2, 0) is 11.2 Å². The van der Waals surface area contributed by atoms with Crippen molar-refractivity contribution in [3.05, 3.63) is 71.8 Å². The molecule has 3 rings (SSSR count). The number of hydrogen-bond acceptors (Lipinski definition) is 3. The van der Waals surface area contributed by atoms with Crippen molar-refractivity contribution in [2.75, 3.05) is 13.7 Å². The summed E-state index contributed by atoms with van der Waals surface area (Å²) >= 11 is 0. The van der Waals surface area contributed by atoms with E-state index in [2.05, 4.69) is 11.1 Å². The molecule has 0 aliphatic heterocycles. The number of benzene rings is 1. The first-order valence-corrected chi connectivity index (χ1v) is 8.56. The van der Waals surface area contributed by atoms with Gasteiger partial charge in [0.15, 0.2) is 0 Å². The Hall–Kier alpha value is -2.53. The molecule has 26 heavy (non-hydrogen) atoms. The fourth-order valence-corrected chi connectivity index (χ4v) is 3.25. The van der Waals surface area contributed by atoms with Gasteiger partial charge in [0, 0.05) is 25.3 Å². The molecule has 1 aliphatic rings. The van der Waals surface area contributed by atoms with Gasteiger partial charge < -0.3 is 9.84 Å². The summed E-state index contributed by atoms with van der Waals surface area (Å²) in [6.07, 6.45) is 9.27. The van der Waals surface area contributed by atoms with E-state index < -0.39 is 11.6 Å². The molecule has 1 aromatic carbocycles. The van der Waals surface area contributed by atoms with Crippen LogP contribution in [0.5, 0.6) is 5.88 Å². The lowest BCUT2D eigenvalue weighted by Crippen LogP contribution is -2.18. The number of nitrogens with zero attached hydrogens (tertiary/aromatic N) is 1. The summed E-state index contributed by atoms with van der Waals surface area (Å²) in [6.45, 7) is 0.623. The number of ether oxygens (including phenoxy) is 1. The Morgan fingerprint density at radius 2 is 1.85 bits per heavy atom. The molecule has 2 atom stereocenters. The smallest absolute Gasteiger partial charge is 0.211 e. The summed E-state index contributed by atoms with van der Waals surface area (Å²) in [5, 5.41) is 9.45. The highest BCUT2D eigenvalue weighted by atomic mass is 19.1. The molecular weight excluding hydrogens is 336 g/mol. The molecule has 1 aliphatic carbocycles. The summed E-state index contributed by atoms with van der Waals surface area (Å²) in [7, 11) is 1.65. The van der Waals surface area contributed by atoms with Crippen LogP contribution in [0.25, 0.3) is 11.3 Å². The fraction of sp³-hybridized carbons (Fsp3) is 0.286. The summed E-state index contributed by atoms with van der Waals surface area (Å²) in [4.78, 5) is 3.85. The van der Waals surface area contributed by atoms with Gasteiger partial charge in [-0.25, -0.2) is 13.8 Å². The lowest BCUT2D eigenvalue weighted by molar-refractivity contribution is 0.176. The maximum absolute atomic E-state index is 14.6. The Balaban J connectivity index is 1.84. The van der Waals surface area contributed by atoms with Crippen LogP contribution < -0.4 is 0 Å². The molecule has 1 heterocycles. The number of pyridine rings is 1. The van der Waals surface area contributed by atoms with Gasteiger partial charge in [0.25, 0.3) is 0 Å². The zero-order chi connectivity index (χ0) is 18.5. The van der Waals surface area contributed by atoms with Crippen LogP contribution in [0.1, 0.15) is 12.0 Å². The highest BCUT2D eigenvalue weighted by Crippen LogP contribution is 2.30. The number of rotatable bonds is 6. The van der Waals surface area contributed by atoms with Gasteiger partial charge in [-0.05, 0) is 48.4 Å². The monoisotopic (exact) mass is 357 g/mol. The molecule has 136 valence electrons. The van der Waals surface area contributed by atoms with Crippen molar-refractivity contribution in [3.8, 4) is 17.1 Å². The minimum atomic E-state index is -0.553. The zero-order valence-electron chi connectivity index (χ0n) is 14.5. The van der Waals surface area contributed by atoms with Gasteiger partial charge in [-0.2, -0.15) is 0 Å². The van der Waals surface area contributed by atoms with Crippen LogP contribution >= 0.6 is 0 Å². The maximum atomic E-state index is 14.6. The molecule has 0 saturated heterocycles. The van der Waals surface area contributed by atoms with Gasteiger partial charge in [-0.1, -0.05) is 30.4 Å². The van der Waals surface area contributed by atoms with Crippen molar-refractivity contribution >= 4 is 0 Å². The van der Waals surface area contributed by atoms with Gasteiger partial charge in [-0.15, -0.1) is 0 Å². The highest BCUT2D eigenvalue weighted by Gasteiger charge is 2.22. The third kappa shape index (κ3) is 4.17. The molecule has 2 unspecified atom stereocenters. The average Bonchev–Trinajstić information content (AvgIpc) is 2.63. The van der Waals surface area contributed by atoms with E-state index in [-0.39, 0.29) is 29.0 Å². The minimum Gasteiger partial charge on any atom is -0.493 e. The van der Waals surface area contributed by atoms with E-state index in [1.165, 1.54) is 18.2 Å². The van der Waals surface area contributed by atoms with Gasteiger partial charge >= 0.3 is 0 Å². The van der Waals surface area contributed by atoms with Crippen molar-refractivity contribution in [2.24, 2.45) is 11.8 Å². The predicted octanol–water partition coefficient (Wildman–Crippen LogP) is 4.67. The SMILES string of the molecule is COCCC1C=CC=CC1Cc1cc(F)c(-c2cccc(O)n2)cc1F. The number of aromatic nitrogens is 1. The largest absolute Gasteiger partial charge is 0.493 e. The second kappa shape index (κ2) is 8.23. The van der Waals surface area contributed by atoms with E-state index in [0.29, 0.717) is 18.6 Å². The Bertz CT molecular complexity index is 833. The Kier molecular flexibility index (Phi) is 5.78. The first-order chi connectivity index (χ1) is 12.6. The number of hydrogen-bond donors (Lipinski definition) is 1. The number of halogens is 2. The van der Waals surface area contributed by atoms with Crippen LogP contribution in [0.2, 0.25) is 0 Å². The third-order valence-corrected chi connectivity index (χ3v) is 4.64. The predicted molar refractivity (Wildman–Crippen MR) is 96.7 cm³/mol. The lowest BCUT2D eigenvalue weighted by atomic mass is 9.82. The van der Waals surface area contributed by atoms with Crippen LogP contribution in [0.4, 0.5) is 8.78 Å². The summed E-state index contributed by atoms with van der Waals surface area (Å²) in [6, 6.07) is 6.85. The molecule has 0 saturated carbocycles. The van der Waals surface area contributed by atoms with Gasteiger partial charge in [0.1, 0.15) is 11.6 Å². The summed E-state index contributed by atoms with van der Waals surface area (Å²) in [5.74, 6) is -0.932. The second-order valence-corrected chi connectivity index (χ2v) is 6.39. The van der Waals surface area contributed by atoms with Gasteiger partial charge in [0.05, 0.1) is 5.69 Å². The van der Waals surface area contributed by atoms with Crippen molar-refractivity contribution in [3.63, 3.8) is 0 Å². The quantitative estimate of drug-likeness (QED) is 0.817. The van der Waals surface area contributed by atoms with E-state index in [0.717, 1.165) is 12.5 Å². The topological polar surface area (TPSA) is 42.4 Å². The lowest BCUT2D eigenvalue weighted by Gasteiger charge is -2.24. The second-order valence-electron chi connectivity index (χ2n) is 6.39. The Labute approximate surface area is 151 Å². The molecule has 2 aromatic rings. The molecule has 0 fully saturated rings. The van der Waals surface area contributed by atoms with Crippen LogP contribution in [0.3, 0.4) is 0 Å². The molecule has 0 bridgehead atoms. The summed E-state index contributed by atoms with van der Waals surface area (Å²) in [5.41, 5.74) is 0.572. The van der Waals surface area contributed by atoms with Crippen LogP contribution in [-0.4, -0.2) is 23.8 Å². The standard InChI is InChI=1S/C21H21F2NO2/c1-26-10-9-14-5-2-3-6-15(14)11-16-12-19(23)17(13-18(16)22)20-7-4-8-21(25)24-20/h2-8,12-15H,9-11H2,1H3,(H,24,25). The first-order valence-electron chi connectivity index (χ1n) is 8.56. The van der Waals surface area contributed by atoms with Gasteiger partial charge in [0.2, 0.25) is 5.88 Å². The number of allylic oxidation sites excluding steroid dienone is 4. The highest BCUT2D eigenvalue weighted by molar-refractivity contribution is 5.61. The van der Waals surface area contributed by atoms with Crippen molar-refractivity contribution in [1.29, 1.82) is 0 Å². The summed E-state index contributed by atoms with van der Waals surface area (Å²) < 4.78 is 34.3. The fourth-order valence-electron chi connectivity index (χ4n) is 3.25. The first kappa shape index (κ1) is 18.3. The van der Waals surface area contributed by atoms with Crippen molar-refractivity contribution < 1.29 is 18.6 Å². The molecule has 0 radical (unpaired) electrons. The van der Waals surface area contributed by atoms with Crippen LogP contribution in [0.15, 0.2) is 54.6 Å². The van der Waals surface area contributed by atoms with E-state index in [9.17, 15) is 13.9 Å². The van der Waals surface area contributed by atoms with Crippen molar-refractivity contribution in [1.82, 2.24) is 4.98 Å². The Morgan fingerprint density at radius 1 is 1.08 bits per heavy atom. The Morgan fingerprint density at radius 3 is 2.58 bits per heavy atom. The minimum absolute atomic E-state index is 0.0390. The molecule has 0 spiro atoms. The number of aromatic hydroxyl groups is 1. The molecule has 1 aromatic heterocycles.